The molecule has 0 aliphatic heterocycles. The van der Waals surface area contributed by atoms with Crippen molar-refractivity contribution < 1.29 is 13.9 Å². The van der Waals surface area contributed by atoms with Gasteiger partial charge in [0.2, 0.25) is 0 Å². The van der Waals surface area contributed by atoms with Crippen molar-refractivity contribution in [3.05, 3.63) is 36.1 Å². The molecule has 0 bridgehead atoms. The zero-order valence-electron chi connectivity index (χ0n) is 12.0. The predicted molar refractivity (Wildman–Crippen MR) is 77.6 cm³/mol. The minimum atomic E-state index is -0.234. The van der Waals surface area contributed by atoms with E-state index in [1.54, 1.807) is 7.11 Å². The minimum Gasteiger partial charge on any atom is -0.459 e. The van der Waals surface area contributed by atoms with Crippen molar-refractivity contribution in [2.24, 2.45) is 0 Å². The number of benzene rings is 1. The van der Waals surface area contributed by atoms with Gasteiger partial charge in [-0.1, -0.05) is 18.2 Å². The van der Waals surface area contributed by atoms with E-state index in [-0.39, 0.29) is 18.1 Å². The van der Waals surface area contributed by atoms with Crippen molar-refractivity contribution in [1.29, 1.82) is 0 Å². The molecule has 5 heteroatoms. The molecule has 0 aliphatic carbocycles. The lowest BCUT2D eigenvalue weighted by molar-refractivity contribution is 0.170. The summed E-state index contributed by atoms with van der Waals surface area (Å²) >= 11 is 0. The van der Waals surface area contributed by atoms with E-state index in [4.69, 9.17) is 9.15 Å². The number of fused-ring (bicyclic) bond motifs is 1. The highest BCUT2D eigenvalue weighted by molar-refractivity contribution is 5.78. The van der Waals surface area contributed by atoms with E-state index in [0.29, 0.717) is 6.61 Å². The topological polar surface area (TPSA) is 63.5 Å². The highest BCUT2D eigenvalue weighted by atomic mass is 16.5. The summed E-state index contributed by atoms with van der Waals surface area (Å²) < 4.78 is 10.7. The normalized spacial score (nSPS) is 13.9. The van der Waals surface area contributed by atoms with Gasteiger partial charge >= 0.3 is 6.03 Å². The first-order valence-corrected chi connectivity index (χ1v) is 6.64. The molecule has 0 radical (unpaired) electrons. The van der Waals surface area contributed by atoms with E-state index in [2.05, 4.69) is 10.6 Å². The molecule has 0 spiro atoms. The number of furan rings is 1. The Morgan fingerprint density at radius 2 is 2.05 bits per heavy atom. The Balaban J connectivity index is 1.97. The smallest absolute Gasteiger partial charge is 0.315 e. The first kappa shape index (κ1) is 14.4. The van der Waals surface area contributed by atoms with Crippen LogP contribution in [0.3, 0.4) is 0 Å². The average molecular weight is 276 g/mol. The van der Waals surface area contributed by atoms with Crippen molar-refractivity contribution in [1.82, 2.24) is 10.6 Å². The SMILES string of the molecule is COCC(C)NC(=O)NC(C)c1cc2ccccc2o1. The summed E-state index contributed by atoms with van der Waals surface area (Å²) in [6.07, 6.45) is 0. The molecule has 5 nitrogen and oxygen atoms in total. The van der Waals surface area contributed by atoms with Crippen molar-refractivity contribution in [3.8, 4) is 0 Å². The Kier molecular flexibility index (Phi) is 4.63. The molecule has 2 N–H and O–H groups in total. The first-order chi connectivity index (χ1) is 9.60. The fourth-order valence-corrected chi connectivity index (χ4v) is 2.04. The van der Waals surface area contributed by atoms with E-state index < -0.39 is 0 Å². The third-order valence-electron chi connectivity index (χ3n) is 3.01. The van der Waals surface area contributed by atoms with Crippen LogP contribution in [0.2, 0.25) is 0 Å². The molecule has 1 heterocycles. The monoisotopic (exact) mass is 276 g/mol. The van der Waals surface area contributed by atoms with Crippen LogP contribution in [0.15, 0.2) is 34.7 Å². The summed E-state index contributed by atoms with van der Waals surface area (Å²) in [4.78, 5) is 11.8. The summed E-state index contributed by atoms with van der Waals surface area (Å²) in [5.41, 5.74) is 0.823. The number of hydrogen-bond donors (Lipinski definition) is 2. The summed E-state index contributed by atoms with van der Waals surface area (Å²) in [5.74, 6) is 0.737. The average Bonchev–Trinajstić information content (AvgIpc) is 2.82. The van der Waals surface area contributed by atoms with E-state index in [1.807, 2.05) is 44.2 Å². The lowest BCUT2D eigenvalue weighted by atomic mass is 10.2. The zero-order chi connectivity index (χ0) is 14.5. The molecule has 0 aliphatic rings. The summed E-state index contributed by atoms with van der Waals surface area (Å²) in [6, 6.07) is 9.25. The number of carbonyl (C=O) groups is 1. The maximum atomic E-state index is 11.8. The van der Waals surface area contributed by atoms with E-state index >= 15 is 0 Å². The van der Waals surface area contributed by atoms with Crippen LogP contribution in [-0.4, -0.2) is 25.8 Å². The van der Waals surface area contributed by atoms with Gasteiger partial charge in [0.15, 0.2) is 0 Å². The zero-order valence-corrected chi connectivity index (χ0v) is 12.0. The number of hydrogen-bond acceptors (Lipinski definition) is 3. The predicted octanol–water partition coefficient (Wildman–Crippen LogP) is 2.83. The maximum Gasteiger partial charge on any atom is 0.315 e. The van der Waals surface area contributed by atoms with E-state index in [1.165, 1.54) is 0 Å². The van der Waals surface area contributed by atoms with Crippen LogP contribution in [-0.2, 0) is 4.74 Å². The largest absolute Gasteiger partial charge is 0.459 e. The van der Waals surface area contributed by atoms with Gasteiger partial charge in [-0.15, -0.1) is 0 Å². The fraction of sp³-hybridized carbons (Fsp3) is 0.400. The quantitative estimate of drug-likeness (QED) is 0.882. The van der Waals surface area contributed by atoms with Crippen molar-refractivity contribution in [2.45, 2.75) is 25.9 Å². The van der Waals surface area contributed by atoms with Crippen LogP contribution in [0.4, 0.5) is 4.79 Å². The number of rotatable bonds is 5. The Labute approximate surface area is 118 Å². The van der Waals surface area contributed by atoms with Crippen molar-refractivity contribution >= 4 is 17.0 Å². The number of carbonyl (C=O) groups excluding carboxylic acids is 1. The molecule has 0 saturated carbocycles. The maximum absolute atomic E-state index is 11.8. The molecule has 2 amide bonds. The Morgan fingerprint density at radius 3 is 2.75 bits per heavy atom. The number of nitrogens with one attached hydrogen (secondary N) is 2. The van der Waals surface area contributed by atoms with Gasteiger partial charge in [0.25, 0.3) is 0 Å². The second-order valence-corrected chi connectivity index (χ2v) is 4.88. The summed E-state index contributed by atoms with van der Waals surface area (Å²) in [5, 5.41) is 6.68. The van der Waals surface area contributed by atoms with Crippen LogP contribution in [0, 0.1) is 0 Å². The molecular formula is C15H20N2O3. The van der Waals surface area contributed by atoms with Gasteiger partial charge in [-0.05, 0) is 26.0 Å². The molecule has 108 valence electrons. The highest BCUT2D eigenvalue weighted by Crippen LogP contribution is 2.23. The Morgan fingerprint density at radius 1 is 1.30 bits per heavy atom. The Bertz CT molecular complexity index is 546. The van der Waals surface area contributed by atoms with Gasteiger partial charge in [-0.25, -0.2) is 4.79 Å². The van der Waals surface area contributed by atoms with E-state index in [0.717, 1.165) is 16.7 Å². The number of urea groups is 1. The van der Waals surface area contributed by atoms with Crippen molar-refractivity contribution in [3.63, 3.8) is 0 Å². The minimum absolute atomic E-state index is 0.0390. The molecule has 2 aromatic rings. The standard InChI is InChI=1S/C15H20N2O3/c1-10(9-19-3)16-15(18)17-11(2)14-8-12-6-4-5-7-13(12)20-14/h4-8,10-11H,9H2,1-3H3,(H2,16,17,18). The first-order valence-electron chi connectivity index (χ1n) is 6.64. The van der Waals surface area contributed by atoms with Crippen LogP contribution >= 0.6 is 0 Å². The third kappa shape index (κ3) is 3.51. The van der Waals surface area contributed by atoms with Gasteiger partial charge < -0.3 is 19.8 Å². The summed E-state index contributed by atoms with van der Waals surface area (Å²) in [6.45, 7) is 4.25. The van der Waals surface area contributed by atoms with Gasteiger partial charge in [0.05, 0.1) is 18.7 Å². The Hall–Kier alpha value is -2.01. The molecule has 2 unspecified atom stereocenters. The molecular weight excluding hydrogens is 256 g/mol. The van der Waals surface area contributed by atoms with Gasteiger partial charge in [0, 0.05) is 12.5 Å². The lowest BCUT2D eigenvalue weighted by Gasteiger charge is -2.16. The second kappa shape index (κ2) is 6.43. The number of para-hydroxylation sites is 1. The van der Waals surface area contributed by atoms with Gasteiger partial charge in [-0.2, -0.15) is 0 Å². The van der Waals surface area contributed by atoms with Crippen LogP contribution in [0.5, 0.6) is 0 Å². The van der Waals surface area contributed by atoms with Gasteiger partial charge in [0.1, 0.15) is 11.3 Å². The molecule has 1 aromatic carbocycles. The molecule has 0 saturated heterocycles. The highest BCUT2D eigenvalue weighted by Gasteiger charge is 2.15. The fourth-order valence-electron chi connectivity index (χ4n) is 2.04. The van der Waals surface area contributed by atoms with Crippen LogP contribution in [0.25, 0.3) is 11.0 Å². The third-order valence-corrected chi connectivity index (χ3v) is 3.01. The number of ether oxygens (including phenoxy) is 1. The molecule has 2 rings (SSSR count). The van der Waals surface area contributed by atoms with Crippen LogP contribution < -0.4 is 10.6 Å². The van der Waals surface area contributed by atoms with Crippen molar-refractivity contribution in [2.75, 3.05) is 13.7 Å². The molecule has 2 atom stereocenters. The summed E-state index contributed by atoms with van der Waals surface area (Å²) in [7, 11) is 1.60. The second-order valence-electron chi connectivity index (χ2n) is 4.88. The van der Waals surface area contributed by atoms with E-state index in [9.17, 15) is 4.79 Å². The molecule has 1 aromatic heterocycles. The van der Waals surface area contributed by atoms with Gasteiger partial charge in [-0.3, -0.25) is 0 Å². The van der Waals surface area contributed by atoms with Crippen LogP contribution in [0.1, 0.15) is 25.6 Å². The molecule has 20 heavy (non-hydrogen) atoms. The number of amides is 2. The lowest BCUT2D eigenvalue weighted by Crippen LogP contribution is -2.43. The molecule has 0 fully saturated rings. The number of methoxy groups -OCH3 is 1.